The van der Waals surface area contributed by atoms with Crippen molar-refractivity contribution in [2.75, 3.05) is 33.4 Å². The molecule has 0 aliphatic carbocycles. The molecule has 2 rings (SSSR count). The Bertz CT molecular complexity index is 533. The summed E-state index contributed by atoms with van der Waals surface area (Å²) < 4.78 is 10.5. The van der Waals surface area contributed by atoms with Gasteiger partial charge < -0.3 is 25.4 Å². The van der Waals surface area contributed by atoms with E-state index < -0.39 is 0 Å². The highest BCUT2D eigenvalue weighted by Crippen LogP contribution is 2.10. The van der Waals surface area contributed by atoms with Crippen LogP contribution in [0.25, 0.3) is 0 Å². The van der Waals surface area contributed by atoms with Gasteiger partial charge in [-0.15, -0.1) is 0 Å². The average Bonchev–Trinajstić information content (AvgIpc) is 2.58. The smallest absolute Gasteiger partial charge is 0.251 e. The largest absolute Gasteiger partial charge is 0.497 e. The van der Waals surface area contributed by atoms with Crippen LogP contribution in [0.1, 0.15) is 17.3 Å². The lowest BCUT2D eigenvalue weighted by Crippen LogP contribution is -2.56. The molecule has 0 aromatic heterocycles. The zero-order chi connectivity index (χ0) is 16.7. The number of carbonyl (C=O) groups excluding carboxylic acids is 2. The normalized spacial score (nSPS) is 20.6. The molecular formula is C16H23N3O4. The Morgan fingerprint density at radius 3 is 2.61 bits per heavy atom. The van der Waals surface area contributed by atoms with Crippen LogP contribution in [-0.2, 0) is 9.53 Å². The Labute approximate surface area is 135 Å². The zero-order valence-corrected chi connectivity index (χ0v) is 13.4. The Kier molecular flexibility index (Phi) is 6.37. The first-order valence-electron chi connectivity index (χ1n) is 7.67. The van der Waals surface area contributed by atoms with Gasteiger partial charge in [0.25, 0.3) is 5.91 Å². The van der Waals surface area contributed by atoms with Gasteiger partial charge in [-0.1, -0.05) is 0 Å². The van der Waals surface area contributed by atoms with E-state index in [-0.39, 0.29) is 24.0 Å². The van der Waals surface area contributed by atoms with Crippen LogP contribution in [0, 0.1) is 0 Å². The zero-order valence-electron chi connectivity index (χ0n) is 13.4. The van der Waals surface area contributed by atoms with Crippen LogP contribution >= 0.6 is 0 Å². The number of ether oxygens (including phenoxy) is 2. The van der Waals surface area contributed by atoms with Crippen molar-refractivity contribution in [3.8, 4) is 5.75 Å². The summed E-state index contributed by atoms with van der Waals surface area (Å²) in [6.45, 7) is 3.87. The Balaban J connectivity index is 1.69. The quantitative estimate of drug-likeness (QED) is 0.638. The van der Waals surface area contributed by atoms with E-state index in [0.29, 0.717) is 37.6 Å². The first kappa shape index (κ1) is 17.2. The maximum absolute atomic E-state index is 12.0. The summed E-state index contributed by atoms with van der Waals surface area (Å²) in [7, 11) is 1.57. The number of hydrogen-bond donors (Lipinski definition) is 3. The number of nitrogens with one attached hydrogen (secondary N) is 3. The maximum atomic E-state index is 12.0. The molecule has 2 atom stereocenters. The Morgan fingerprint density at radius 2 is 1.96 bits per heavy atom. The molecule has 1 heterocycles. The molecule has 1 saturated heterocycles. The molecule has 1 aliphatic heterocycles. The number of rotatable bonds is 6. The van der Waals surface area contributed by atoms with Crippen LogP contribution in [0.3, 0.4) is 0 Å². The molecule has 3 N–H and O–H groups in total. The van der Waals surface area contributed by atoms with Crippen LogP contribution in [0.2, 0.25) is 0 Å². The minimum absolute atomic E-state index is 0.115. The van der Waals surface area contributed by atoms with Gasteiger partial charge in [-0.3, -0.25) is 9.59 Å². The summed E-state index contributed by atoms with van der Waals surface area (Å²) >= 11 is 0. The van der Waals surface area contributed by atoms with Gasteiger partial charge >= 0.3 is 0 Å². The van der Waals surface area contributed by atoms with E-state index in [0.717, 1.165) is 0 Å². The van der Waals surface area contributed by atoms with Crippen LogP contribution in [-0.4, -0.2) is 57.3 Å². The maximum Gasteiger partial charge on any atom is 0.251 e. The molecular weight excluding hydrogens is 298 g/mol. The number of hydrogen-bond acceptors (Lipinski definition) is 5. The van der Waals surface area contributed by atoms with Crippen molar-refractivity contribution in [2.24, 2.45) is 0 Å². The number of benzene rings is 1. The lowest BCUT2D eigenvalue weighted by molar-refractivity contribution is -0.128. The predicted octanol–water partition coefficient (Wildman–Crippen LogP) is -0.0819. The fourth-order valence-corrected chi connectivity index (χ4v) is 2.34. The average molecular weight is 321 g/mol. The SMILES string of the molecule is COc1ccc(C(=O)NCCNC(=O)[C@H]2NCCO[C@@H]2C)cc1. The molecule has 0 saturated carbocycles. The van der Waals surface area contributed by atoms with Crippen molar-refractivity contribution < 1.29 is 19.1 Å². The van der Waals surface area contributed by atoms with Crippen LogP contribution < -0.4 is 20.7 Å². The van der Waals surface area contributed by atoms with Crippen LogP contribution in [0.15, 0.2) is 24.3 Å². The number of methoxy groups -OCH3 is 1. The van der Waals surface area contributed by atoms with Crippen LogP contribution in [0.5, 0.6) is 5.75 Å². The fourth-order valence-electron chi connectivity index (χ4n) is 2.34. The molecule has 0 radical (unpaired) electrons. The molecule has 1 aromatic rings. The van der Waals surface area contributed by atoms with Gasteiger partial charge in [-0.2, -0.15) is 0 Å². The third-order valence-electron chi connectivity index (χ3n) is 3.66. The van der Waals surface area contributed by atoms with E-state index in [2.05, 4.69) is 16.0 Å². The van der Waals surface area contributed by atoms with Crippen LogP contribution in [0.4, 0.5) is 0 Å². The molecule has 1 aromatic carbocycles. The molecule has 0 spiro atoms. The number of amides is 2. The molecule has 126 valence electrons. The fraction of sp³-hybridized carbons (Fsp3) is 0.500. The van der Waals surface area contributed by atoms with Gasteiger partial charge in [0, 0.05) is 25.2 Å². The minimum atomic E-state index is -0.346. The Hall–Kier alpha value is -2.12. The molecule has 7 heteroatoms. The predicted molar refractivity (Wildman–Crippen MR) is 85.5 cm³/mol. The van der Waals surface area contributed by atoms with Crippen molar-refractivity contribution >= 4 is 11.8 Å². The van der Waals surface area contributed by atoms with Crippen molar-refractivity contribution in [2.45, 2.75) is 19.1 Å². The molecule has 2 amide bonds. The van der Waals surface area contributed by atoms with Gasteiger partial charge in [0.2, 0.25) is 5.91 Å². The van der Waals surface area contributed by atoms with Gasteiger partial charge in [0.15, 0.2) is 0 Å². The molecule has 1 aliphatic rings. The van der Waals surface area contributed by atoms with Crippen molar-refractivity contribution in [1.82, 2.24) is 16.0 Å². The molecule has 1 fully saturated rings. The van der Waals surface area contributed by atoms with Gasteiger partial charge in [0.05, 0.1) is 19.8 Å². The van der Waals surface area contributed by atoms with E-state index >= 15 is 0 Å². The third-order valence-corrected chi connectivity index (χ3v) is 3.66. The molecule has 0 unspecified atom stereocenters. The van der Waals surface area contributed by atoms with E-state index in [1.165, 1.54) is 0 Å². The lowest BCUT2D eigenvalue weighted by atomic mass is 10.1. The standard InChI is InChI=1S/C16H23N3O4/c1-11-14(17-9-10-23-11)16(21)19-8-7-18-15(20)12-3-5-13(22-2)6-4-12/h3-6,11,14,17H,7-10H2,1-2H3,(H,18,20)(H,19,21)/t11-,14+/m1/s1. The summed E-state index contributed by atoms with van der Waals surface area (Å²) in [5.74, 6) is 0.399. The molecule has 7 nitrogen and oxygen atoms in total. The van der Waals surface area contributed by atoms with Crippen molar-refractivity contribution in [3.05, 3.63) is 29.8 Å². The monoisotopic (exact) mass is 321 g/mol. The highest BCUT2D eigenvalue weighted by Gasteiger charge is 2.27. The Morgan fingerprint density at radius 1 is 1.26 bits per heavy atom. The highest BCUT2D eigenvalue weighted by atomic mass is 16.5. The lowest BCUT2D eigenvalue weighted by Gasteiger charge is -2.29. The van der Waals surface area contributed by atoms with Gasteiger partial charge in [0.1, 0.15) is 11.8 Å². The summed E-state index contributed by atoms with van der Waals surface area (Å²) in [4.78, 5) is 24.0. The highest BCUT2D eigenvalue weighted by molar-refractivity contribution is 5.94. The number of carbonyl (C=O) groups is 2. The van der Waals surface area contributed by atoms with Gasteiger partial charge in [-0.05, 0) is 31.2 Å². The topological polar surface area (TPSA) is 88.7 Å². The van der Waals surface area contributed by atoms with Crippen molar-refractivity contribution in [1.29, 1.82) is 0 Å². The molecule has 23 heavy (non-hydrogen) atoms. The third kappa shape index (κ3) is 4.94. The minimum Gasteiger partial charge on any atom is -0.497 e. The second-order valence-electron chi connectivity index (χ2n) is 5.28. The summed E-state index contributed by atoms with van der Waals surface area (Å²) in [5.41, 5.74) is 0.549. The second kappa shape index (κ2) is 8.50. The summed E-state index contributed by atoms with van der Waals surface area (Å²) in [6, 6.07) is 6.50. The first-order chi connectivity index (χ1) is 11.1. The van der Waals surface area contributed by atoms with Gasteiger partial charge in [-0.25, -0.2) is 0 Å². The first-order valence-corrected chi connectivity index (χ1v) is 7.67. The second-order valence-corrected chi connectivity index (χ2v) is 5.28. The summed E-state index contributed by atoms with van der Waals surface area (Å²) in [5, 5.41) is 8.67. The van der Waals surface area contributed by atoms with Crippen molar-refractivity contribution in [3.63, 3.8) is 0 Å². The summed E-state index contributed by atoms with van der Waals surface area (Å²) in [6.07, 6.45) is -0.155. The molecule has 0 bridgehead atoms. The van der Waals surface area contributed by atoms with E-state index in [1.807, 2.05) is 6.92 Å². The van der Waals surface area contributed by atoms with E-state index in [1.54, 1.807) is 31.4 Å². The van der Waals surface area contributed by atoms with E-state index in [4.69, 9.17) is 9.47 Å². The van der Waals surface area contributed by atoms with E-state index in [9.17, 15) is 9.59 Å². The number of morpholine rings is 1.